The predicted octanol–water partition coefficient (Wildman–Crippen LogP) is 2.70. The minimum absolute atomic E-state index is 0.313. The van der Waals surface area contributed by atoms with Crippen LogP contribution in [0.2, 0.25) is 0 Å². The Morgan fingerprint density at radius 3 is 2.57 bits per heavy atom. The van der Waals surface area contributed by atoms with Crippen molar-refractivity contribution in [1.82, 2.24) is 18.8 Å². The third-order valence-corrected chi connectivity index (χ3v) is 7.26. The number of morpholine rings is 1. The maximum Gasteiger partial charge on any atom is 0.243 e. The normalized spacial score (nSPS) is 16.3. The van der Waals surface area contributed by atoms with Crippen LogP contribution in [0.25, 0.3) is 11.0 Å². The van der Waals surface area contributed by atoms with Crippen molar-refractivity contribution in [2.45, 2.75) is 51.6 Å². The number of aryl methyl sites for hydroxylation is 1. The maximum absolute atomic E-state index is 13.0. The van der Waals surface area contributed by atoms with Crippen LogP contribution in [-0.4, -0.2) is 66.6 Å². The van der Waals surface area contributed by atoms with Crippen molar-refractivity contribution in [1.29, 1.82) is 0 Å². The van der Waals surface area contributed by atoms with Crippen LogP contribution in [0, 0.1) is 0 Å². The van der Waals surface area contributed by atoms with Crippen molar-refractivity contribution in [3.8, 4) is 0 Å². The number of hydrogen-bond donors (Lipinski definition) is 0. The van der Waals surface area contributed by atoms with Crippen LogP contribution in [0.5, 0.6) is 0 Å². The molecule has 2 heterocycles. The molecular formula is C20H32N4O3S. The molecule has 1 aliphatic heterocycles. The van der Waals surface area contributed by atoms with Crippen molar-refractivity contribution in [3.63, 3.8) is 0 Å². The topological polar surface area (TPSA) is 67.7 Å². The van der Waals surface area contributed by atoms with Gasteiger partial charge in [-0.15, -0.1) is 0 Å². The van der Waals surface area contributed by atoms with Gasteiger partial charge >= 0.3 is 0 Å². The Labute approximate surface area is 168 Å². The Morgan fingerprint density at radius 1 is 1.18 bits per heavy atom. The third-order valence-electron chi connectivity index (χ3n) is 5.36. The highest BCUT2D eigenvalue weighted by molar-refractivity contribution is 7.89. The summed E-state index contributed by atoms with van der Waals surface area (Å²) >= 11 is 0. The van der Waals surface area contributed by atoms with Crippen LogP contribution in [0.3, 0.4) is 0 Å². The molecule has 0 spiro atoms. The van der Waals surface area contributed by atoms with Crippen LogP contribution >= 0.6 is 0 Å². The van der Waals surface area contributed by atoms with Gasteiger partial charge in [0.25, 0.3) is 0 Å². The SMILES string of the molecule is CCCCN(CC)Cc1nc2cc(S(=O)(=O)N3CCOCC3)ccc2n1CC. The highest BCUT2D eigenvalue weighted by atomic mass is 32.2. The molecule has 0 bridgehead atoms. The summed E-state index contributed by atoms with van der Waals surface area (Å²) in [6.45, 7) is 11.8. The molecule has 7 nitrogen and oxygen atoms in total. The molecule has 0 aliphatic carbocycles. The quantitative estimate of drug-likeness (QED) is 0.638. The number of imidazole rings is 1. The average molecular weight is 409 g/mol. The molecule has 0 amide bonds. The van der Waals surface area contributed by atoms with Crippen molar-refractivity contribution in [2.75, 3.05) is 39.4 Å². The van der Waals surface area contributed by atoms with Crippen molar-refractivity contribution < 1.29 is 13.2 Å². The monoisotopic (exact) mass is 408 g/mol. The van der Waals surface area contributed by atoms with E-state index in [1.807, 2.05) is 6.07 Å². The second kappa shape index (κ2) is 9.35. The molecule has 0 saturated carbocycles. The molecule has 2 aromatic rings. The van der Waals surface area contributed by atoms with E-state index in [-0.39, 0.29) is 0 Å². The van der Waals surface area contributed by atoms with Crippen LogP contribution in [0.1, 0.15) is 39.4 Å². The minimum Gasteiger partial charge on any atom is -0.379 e. The standard InChI is InChI=1S/C20H32N4O3S/c1-4-7-10-22(5-2)16-20-21-18-15-17(8-9-19(18)24(20)6-3)28(25,26)23-11-13-27-14-12-23/h8-9,15H,4-7,10-14,16H2,1-3H3. The fourth-order valence-electron chi connectivity index (χ4n) is 3.66. The number of nitrogens with zero attached hydrogens (tertiary/aromatic N) is 4. The number of rotatable bonds is 9. The summed E-state index contributed by atoms with van der Waals surface area (Å²) in [4.78, 5) is 7.52. The Bertz CT molecular complexity index is 888. The van der Waals surface area contributed by atoms with Gasteiger partial charge in [0, 0.05) is 19.6 Å². The molecule has 0 atom stereocenters. The maximum atomic E-state index is 13.0. The number of aromatic nitrogens is 2. The van der Waals surface area contributed by atoms with E-state index in [1.54, 1.807) is 12.1 Å². The fraction of sp³-hybridized carbons (Fsp3) is 0.650. The lowest BCUT2D eigenvalue weighted by molar-refractivity contribution is 0.0730. The lowest BCUT2D eigenvalue weighted by atomic mass is 10.3. The van der Waals surface area contributed by atoms with Crippen LogP contribution in [0.4, 0.5) is 0 Å². The molecule has 1 fully saturated rings. The Balaban J connectivity index is 1.91. The molecule has 1 aromatic carbocycles. The molecule has 1 aromatic heterocycles. The van der Waals surface area contributed by atoms with E-state index >= 15 is 0 Å². The number of sulfonamides is 1. The highest BCUT2D eigenvalue weighted by Crippen LogP contribution is 2.24. The van der Waals surface area contributed by atoms with Gasteiger partial charge < -0.3 is 9.30 Å². The first-order chi connectivity index (χ1) is 13.5. The van der Waals surface area contributed by atoms with E-state index in [0.717, 1.165) is 43.0 Å². The summed E-state index contributed by atoms with van der Waals surface area (Å²) in [7, 11) is -3.51. The van der Waals surface area contributed by atoms with Gasteiger partial charge in [-0.1, -0.05) is 20.3 Å². The fourth-order valence-corrected chi connectivity index (χ4v) is 5.09. The smallest absolute Gasteiger partial charge is 0.243 e. The molecule has 8 heteroatoms. The van der Waals surface area contributed by atoms with Crippen LogP contribution < -0.4 is 0 Å². The Hall–Kier alpha value is -1.48. The van der Waals surface area contributed by atoms with E-state index in [1.165, 1.54) is 17.1 Å². The van der Waals surface area contributed by atoms with Gasteiger partial charge in [-0.05, 0) is 44.6 Å². The lowest BCUT2D eigenvalue weighted by Crippen LogP contribution is -2.40. The molecular weight excluding hydrogens is 376 g/mol. The molecule has 0 unspecified atom stereocenters. The first kappa shape index (κ1) is 21.2. The van der Waals surface area contributed by atoms with Crippen LogP contribution in [0.15, 0.2) is 23.1 Å². The average Bonchev–Trinajstić information content (AvgIpc) is 3.07. The Morgan fingerprint density at radius 2 is 1.93 bits per heavy atom. The van der Waals surface area contributed by atoms with E-state index < -0.39 is 10.0 Å². The molecule has 28 heavy (non-hydrogen) atoms. The van der Waals surface area contributed by atoms with Crippen molar-refractivity contribution in [2.24, 2.45) is 0 Å². The Kier molecular flexibility index (Phi) is 7.09. The van der Waals surface area contributed by atoms with Gasteiger partial charge in [-0.3, -0.25) is 4.90 Å². The first-order valence-corrected chi connectivity index (χ1v) is 11.7. The second-order valence-electron chi connectivity index (χ2n) is 7.16. The van der Waals surface area contributed by atoms with E-state index in [4.69, 9.17) is 9.72 Å². The van der Waals surface area contributed by atoms with E-state index in [0.29, 0.717) is 31.2 Å². The van der Waals surface area contributed by atoms with Crippen molar-refractivity contribution in [3.05, 3.63) is 24.0 Å². The van der Waals surface area contributed by atoms with Gasteiger partial charge in [0.2, 0.25) is 10.0 Å². The summed E-state index contributed by atoms with van der Waals surface area (Å²) in [5.74, 6) is 0.997. The second-order valence-corrected chi connectivity index (χ2v) is 9.10. The molecule has 1 aliphatic rings. The third kappa shape index (κ3) is 4.40. The zero-order chi connectivity index (χ0) is 20.1. The zero-order valence-electron chi connectivity index (χ0n) is 17.2. The summed E-state index contributed by atoms with van der Waals surface area (Å²) < 4.78 is 34.9. The zero-order valence-corrected chi connectivity index (χ0v) is 18.0. The number of benzene rings is 1. The van der Waals surface area contributed by atoms with Crippen molar-refractivity contribution >= 4 is 21.1 Å². The molecule has 156 valence electrons. The van der Waals surface area contributed by atoms with Gasteiger partial charge in [0.15, 0.2) is 0 Å². The van der Waals surface area contributed by atoms with Gasteiger partial charge in [-0.2, -0.15) is 4.31 Å². The largest absolute Gasteiger partial charge is 0.379 e. The highest BCUT2D eigenvalue weighted by Gasteiger charge is 2.27. The van der Waals surface area contributed by atoms with E-state index in [2.05, 4.69) is 30.2 Å². The van der Waals surface area contributed by atoms with Gasteiger partial charge in [-0.25, -0.2) is 13.4 Å². The lowest BCUT2D eigenvalue weighted by Gasteiger charge is -2.26. The number of hydrogen-bond acceptors (Lipinski definition) is 5. The molecule has 0 N–H and O–H groups in total. The van der Waals surface area contributed by atoms with E-state index in [9.17, 15) is 8.42 Å². The summed E-state index contributed by atoms with van der Waals surface area (Å²) in [5, 5.41) is 0. The van der Waals surface area contributed by atoms with Crippen LogP contribution in [-0.2, 0) is 27.8 Å². The first-order valence-electron chi connectivity index (χ1n) is 10.3. The predicted molar refractivity (Wildman–Crippen MR) is 111 cm³/mol. The number of fused-ring (bicyclic) bond motifs is 1. The van der Waals surface area contributed by atoms with Gasteiger partial charge in [0.1, 0.15) is 5.82 Å². The van der Waals surface area contributed by atoms with Gasteiger partial charge in [0.05, 0.1) is 35.7 Å². The summed E-state index contributed by atoms with van der Waals surface area (Å²) in [6, 6.07) is 5.32. The summed E-state index contributed by atoms with van der Waals surface area (Å²) in [5.41, 5.74) is 1.74. The molecule has 3 rings (SSSR count). The minimum atomic E-state index is -3.51. The number of unbranched alkanes of at least 4 members (excludes halogenated alkanes) is 1. The number of ether oxygens (including phenoxy) is 1. The molecule has 1 saturated heterocycles. The molecule has 0 radical (unpaired) electrons. The summed E-state index contributed by atoms with van der Waals surface area (Å²) in [6.07, 6.45) is 2.34.